The highest BCUT2D eigenvalue weighted by atomic mass is 16.5. The molecular formula is C19H21N5O4. The second-order valence-electron chi connectivity index (χ2n) is 5.93. The number of hydrogen-bond donors (Lipinski definition) is 2. The highest BCUT2D eigenvalue weighted by Crippen LogP contribution is 2.30. The van der Waals surface area contributed by atoms with E-state index in [1.807, 2.05) is 24.3 Å². The van der Waals surface area contributed by atoms with Gasteiger partial charge in [-0.2, -0.15) is 5.21 Å². The molecule has 0 saturated carbocycles. The molecule has 0 unspecified atom stereocenters. The Labute approximate surface area is 162 Å². The number of amides is 1. The number of tetrazole rings is 1. The molecule has 9 nitrogen and oxygen atoms in total. The monoisotopic (exact) mass is 383 g/mol. The van der Waals surface area contributed by atoms with Crippen molar-refractivity contribution >= 4 is 11.6 Å². The third-order valence-electron chi connectivity index (χ3n) is 4.24. The fourth-order valence-corrected chi connectivity index (χ4v) is 2.76. The second kappa shape index (κ2) is 8.85. The first-order chi connectivity index (χ1) is 13.6. The van der Waals surface area contributed by atoms with Gasteiger partial charge in [-0.15, -0.1) is 10.2 Å². The quantitative estimate of drug-likeness (QED) is 0.613. The van der Waals surface area contributed by atoms with Gasteiger partial charge in [0, 0.05) is 11.8 Å². The van der Waals surface area contributed by atoms with Crippen molar-refractivity contribution in [3.05, 3.63) is 53.9 Å². The zero-order valence-corrected chi connectivity index (χ0v) is 15.8. The number of benzene rings is 2. The van der Waals surface area contributed by atoms with Crippen LogP contribution in [-0.4, -0.2) is 47.9 Å². The number of H-pyrrole nitrogens is 1. The predicted octanol–water partition coefficient (Wildman–Crippen LogP) is 2.19. The van der Waals surface area contributed by atoms with Crippen LogP contribution < -0.4 is 19.5 Å². The lowest BCUT2D eigenvalue weighted by atomic mass is 9.97. The van der Waals surface area contributed by atoms with E-state index in [9.17, 15) is 4.79 Å². The average Bonchev–Trinajstić information content (AvgIpc) is 3.26. The van der Waals surface area contributed by atoms with Crippen LogP contribution in [0.2, 0.25) is 0 Å². The Morgan fingerprint density at radius 1 is 1.04 bits per heavy atom. The van der Waals surface area contributed by atoms with Gasteiger partial charge in [0.05, 0.1) is 21.3 Å². The van der Waals surface area contributed by atoms with Crippen molar-refractivity contribution in [1.82, 2.24) is 20.6 Å². The first-order valence-electron chi connectivity index (χ1n) is 8.53. The molecule has 0 radical (unpaired) electrons. The summed E-state index contributed by atoms with van der Waals surface area (Å²) in [6.45, 7) is 0. The number of aromatic nitrogens is 4. The SMILES string of the molecule is COc1ccc(C[C@H](C(=O)Nc2ccc(OC)c(OC)c2)c2nn[nH]n2)cc1. The van der Waals surface area contributed by atoms with Crippen LogP contribution in [0.25, 0.3) is 0 Å². The van der Waals surface area contributed by atoms with Crippen molar-refractivity contribution in [3.63, 3.8) is 0 Å². The molecular weight excluding hydrogens is 362 g/mol. The number of hydrogen-bond acceptors (Lipinski definition) is 7. The molecule has 0 spiro atoms. The van der Waals surface area contributed by atoms with E-state index in [1.165, 1.54) is 7.11 Å². The van der Waals surface area contributed by atoms with Crippen LogP contribution in [0, 0.1) is 0 Å². The van der Waals surface area contributed by atoms with Crippen molar-refractivity contribution in [3.8, 4) is 17.2 Å². The summed E-state index contributed by atoms with van der Waals surface area (Å²) in [6, 6.07) is 12.6. The second-order valence-corrected chi connectivity index (χ2v) is 5.93. The normalized spacial score (nSPS) is 11.5. The Hall–Kier alpha value is -3.62. The van der Waals surface area contributed by atoms with E-state index in [1.54, 1.807) is 32.4 Å². The van der Waals surface area contributed by atoms with E-state index in [-0.39, 0.29) is 5.91 Å². The number of carbonyl (C=O) groups excluding carboxylic acids is 1. The molecule has 1 heterocycles. The Kier molecular flexibility index (Phi) is 6.05. The van der Waals surface area contributed by atoms with Crippen LogP contribution in [0.15, 0.2) is 42.5 Å². The molecule has 9 heteroatoms. The first kappa shape index (κ1) is 19.2. The van der Waals surface area contributed by atoms with Crippen LogP contribution in [0.3, 0.4) is 0 Å². The highest BCUT2D eigenvalue weighted by Gasteiger charge is 2.26. The maximum atomic E-state index is 13.0. The lowest BCUT2D eigenvalue weighted by Gasteiger charge is -2.15. The van der Waals surface area contributed by atoms with E-state index in [2.05, 4.69) is 25.9 Å². The summed E-state index contributed by atoms with van der Waals surface area (Å²) in [5.41, 5.74) is 1.52. The number of carbonyl (C=O) groups is 1. The minimum absolute atomic E-state index is 0.260. The third-order valence-corrected chi connectivity index (χ3v) is 4.24. The molecule has 2 aromatic carbocycles. The Balaban J connectivity index is 1.81. The summed E-state index contributed by atoms with van der Waals surface area (Å²) < 4.78 is 15.7. The molecule has 1 amide bonds. The van der Waals surface area contributed by atoms with Gasteiger partial charge in [-0.3, -0.25) is 4.79 Å². The summed E-state index contributed by atoms with van der Waals surface area (Å²) in [7, 11) is 4.69. The van der Waals surface area contributed by atoms with Crippen LogP contribution in [0.1, 0.15) is 17.3 Å². The average molecular weight is 383 g/mol. The van der Waals surface area contributed by atoms with Crippen molar-refractivity contribution in [2.45, 2.75) is 12.3 Å². The molecule has 0 aliphatic heterocycles. The summed E-state index contributed by atoms with van der Waals surface area (Å²) in [5, 5.41) is 16.8. The molecule has 1 atom stereocenters. The molecule has 28 heavy (non-hydrogen) atoms. The number of methoxy groups -OCH3 is 3. The van der Waals surface area contributed by atoms with Gasteiger partial charge in [-0.1, -0.05) is 17.3 Å². The minimum atomic E-state index is -0.625. The van der Waals surface area contributed by atoms with E-state index < -0.39 is 5.92 Å². The van der Waals surface area contributed by atoms with Crippen molar-refractivity contribution < 1.29 is 19.0 Å². The number of nitrogens with one attached hydrogen (secondary N) is 2. The summed E-state index contributed by atoms with van der Waals surface area (Å²) in [4.78, 5) is 13.0. The Morgan fingerprint density at radius 3 is 2.39 bits per heavy atom. The lowest BCUT2D eigenvalue weighted by molar-refractivity contribution is -0.117. The van der Waals surface area contributed by atoms with E-state index in [4.69, 9.17) is 14.2 Å². The number of anilines is 1. The summed E-state index contributed by atoms with van der Waals surface area (Å²) in [6.07, 6.45) is 0.405. The van der Waals surface area contributed by atoms with Gasteiger partial charge in [0.15, 0.2) is 17.3 Å². The fourth-order valence-electron chi connectivity index (χ4n) is 2.76. The Morgan fingerprint density at radius 2 is 1.79 bits per heavy atom. The molecule has 0 aliphatic rings. The standard InChI is InChI=1S/C19H21N5O4/c1-26-14-7-4-12(5-8-14)10-15(18-21-23-24-22-18)19(25)20-13-6-9-16(27-2)17(11-13)28-3/h4-9,11,15H,10H2,1-3H3,(H,20,25)(H,21,22,23,24)/t15-/m0/s1. The number of nitrogens with zero attached hydrogens (tertiary/aromatic N) is 3. The third kappa shape index (κ3) is 4.37. The number of aromatic amines is 1. The Bertz CT molecular complexity index is 913. The number of rotatable bonds is 8. The van der Waals surface area contributed by atoms with Crippen LogP contribution >= 0.6 is 0 Å². The van der Waals surface area contributed by atoms with Gasteiger partial charge in [-0.05, 0) is 36.2 Å². The zero-order valence-electron chi connectivity index (χ0n) is 15.8. The van der Waals surface area contributed by atoms with Gasteiger partial charge in [0.2, 0.25) is 5.91 Å². The molecule has 3 aromatic rings. The topological polar surface area (TPSA) is 111 Å². The van der Waals surface area contributed by atoms with Crippen molar-refractivity contribution in [2.75, 3.05) is 26.6 Å². The van der Waals surface area contributed by atoms with Crippen LogP contribution in [-0.2, 0) is 11.2 Å². The smallest absolute Gasteiger partial charge is 0.235 e. The maximum absolute atomic E-state index is 13.0. The predicted molar refractivity (Wildman–Crippen MR) is 102 cm³/mol. The van der Waals surface area contributed by atoms with Crippen LogP contribution in [0.4, 0.5) is 5.69 Å². The highest BCUT2D eigenvalue weighted by molar-refractivity contribution is 5.95. The van der Waals surface area contributed by atoms with Gasteiger partial charge < -0.3 is 19.5 Å². The number of ether oxygens (including phenoxy) is 3. The molecule has 0 aliphatic carbocycles. The molecule has 2 N–H and O–H groups in total. The maximum Gasteiger partial charge on any atom is 0.235 e. The molecule has 0 bridgehead atoms. The van der Waals surface area contributed by atoms with Gasteiger partial charge in [-0.25, -0.2) is 0 Å². The van der Waals surface area contributed by atoms with Crippen molar-refractivity contribution in [1.29, 1.82) is 0 Å². The molecule has 0 saturated heterocycles. The zero-order chi connectivity index (χ0) is 19.9. The lowest BCUT2D eigenvalue weighted by Crippen LogP contribution is -2.24. The molecule has 146 valence electrons. The molecule has 3 rings (SSSR count). The molecule has 1 aromatic heterocycles. The first-order valence-corrected chi connectivity index (χ1v) is 8.53. The van der Waals surface area contributed by atoms with E-state index in [0.717, 1.165) is 11.3 Å². The largest absolute Gasteiger partial charge is 0.497 e. The molecule has 0 fully saturated rings. The van der Waals surface area contributed by atoms with Gasteiger partial charge >= 0.3 is 0 Å². The summed E-state index contributed by atoms with van der Waals surface area (Å²) >= 11 is 0. The van der Waals surface area contributed by atoms with E-state index in [0.29, 0.717) is 29.4 Å². The van der Waals surface area contributed by atoms with E-state index >= 15 is 0 Å². The van der Waals surface area contributed by atoms with Gasteiger partial charge in [0.1, 0.15) is 11.7 Å². The fraction of sp³-hybridized carbons (Fsp3) is 0.263. The minimum Gasteiger partial charge on any atom is -0.497 e. The van der Waals surface area contributed by atoms with Crippen LogP contribution in [0.5, 0.6) is 17.2 Å². The van der Waals surface area contributed by atoms with Crippen molar-refractivity contribution in [2.24, 2.45) is 0 Å². The van der Waals surface area contributed by atoms with Gasteiger partial charge in [0.25, 0.3) is 0 Å². The summed E-state index contributed by atoms with van der Waals surface area (Å²) in [5.74, 6) is 1.27.